The van der Waals surface area contributed by atoms with E-state index >= 15 is 0 Å². The maximum Gasteiger partial charge on any atom is 0.141 e. The standard InChI is InChI=1S/C7H7BrFN/c1-5(8)7-3-2-6(9)4-10-7/h2-5H,1H3/t5-/m1/s1. The van der Waals surface area contributed by atoms with Gasteiger partial charge in [-0.2, -0.15) is 0 Å². The van der Waals surface area contributed by atoms with Crippen molar-refractivity contribution < 1.29 is 4.39 Å². The van der Waals surface area contributed by atoms with Crippen molar-refractivity contribution >= 4 is 15.9 Å². The smallest absolute Gasteiger partial charge is 0.141 e. The Morgan fingerprint density at radius 1 is 1.60 bits per heavy atom. The third kappa shape index (κ3) is 1.77. The summed E-state index contributed by atoms with van der Waals surface area (Å²) in [6.07, 6.45) is 1.22. The van der Waals surface area contributed by atoms with Crippen molar-refractivity contribution in [1.29, 1.82) is 0 Å². The Morgan fingerprint density at radius 2 is 2.30 bits per heavy atom. The van der Waals surface area contributed by atoms with Gasteiger partial charge in [-0.1, -0.05) is 15.9 Å². The maximum atomic E-state index is 12.3. The first-order valence-corrected chi connectivity index (χ1v) is 3.87. The first kappa shape index (κ1) is 7.66. The lowest BCUT2D eigenvalue weighted by molar-refractivity contribution is 0.619. The minimum absolute atomic E-state index is 0.188. The average Bonchev–Trinajstić information content (AvgIpc) is 1.88. The third-order valence-electron chi connectivity index (χ3n) is 1.16. The molecule has 1 aromatic rings. The molecule has 0 radical (unpaired) electrons. The highest BCUT2D eigenvalue weighted by Crippen LogP contribution is 2.18. The number of halogens is 2. The summed E-state index contributed by atoms with van der Waals surface area (Å²) >= 11 is 3.32. The van der Waals surface area contributed by atoms with Gasteiger partial charge >= 0.3 is 0 Å². The maximum absolute atomic E-state index is 12.3. The van der Waals surface area contributed by atoms with Crippen LogP contribution in [0.3, 0.4) is 0 Å². The van der Waals surface area contributed by atoms with E-state index < -0.39 is 0 Å². The van der Waals surface area contributed by atoms with Gasteiger partial charge in [-0.05, 0) is 19.1 Å². The highest BCUT2D eigenvalue weighted by molar-refractivity contribution is 9.09. The molecular weight excluding hydrogens is 197 g/mol. The van der Waals surface area contributed by atoms with Crippen LogP contribution in [0.1, 0.15) is 17.4 Å². The topological polar surface area (TPSA) is 12.9 Å². The van der Waals surface area contributed by atoms with Crippen molar-refractivity contribution in [2.45, 2.75) is 11.8 Å². The lowest BCUT2D eigenvalue weighted by Gasteiger charge is -1.99. The van der Waals surface area contributed by atoms with E-state index in [1.165, 1.54) is 12.3 Å². The Balaban J connectivity index is 2.89. The number of aromatic nitrogens is 1. The zero-order valence-electron chi connectivity index (χ0n) is 5.51. The molecule has 10 heavy (non-hydrogen) atoms. The van der Waals surface area contributed by atoms with Gasteiger partial charge in [-0.25, -0.2) is 4.39 Å². The number of alkyl halides is 1. The highest BCUT2D eigenvalue weighted by Gasteiger charge is 2.00. The number of hydrogen-bond acceptors (Lipinski definition) is 1. The van der Waals surface area contributed by atoms with Crippen molar-refractivity contribution in [2.24, 2.45) is 0 Å². The molecule has 0 aliphatic heterocycles. The van der Waals surface area contributed by atoms with Crippen molar-refractivity contribution in [2.75, 3.05) is 0 Å². The van der Waals surface area contributed by atoms with E-state index in [2.05, 4.69) is 20.9 Å². The SMILES string of the molecule is C[C@@H](Br)c1ccc(F)cn1. The number of pyridine rings is 1. The Morgan fingerprint density at radius 3 is 2.70 bits per heavy atom. The van der Waals surface area contributed by atoms with Crippen molar-refractivity contribution in [3.63, 3.8) is 0 Å². The zero-order valence-corrected chi connectivity index (χ0v) is 7.10. The van der Waals surface area contributed by atoms with E-state index in [1.54, 1.807) is 6.07 Å². The molecule has 0 amide bonds. The molecule has 0 unspecified atom stereocenters. The molecule has 0 saturated carbocycles. The fourth-order valence-electron chi connectivity index (χ4n) is 0.623. The second-order valence-electron chi connectivity index (χ2n) is 2.02. The van der Waals surface area contributed by atoms with E-state index in [9.17, 15) is 4.39 Å². The minimum atomic E-state index is -0.295. The molecule has 0 aromatic carbocycles. The lowest BCUT2D eigenvalue weighted by Crippen LogP contribution is -1.88. The quantitative estimate of drug-likeness (QED) is 0.640. The van der Waals surface area contributed by atoms with Gasteiger partial charge in [0.05, 0.1) is 16.7 Å². The minimum Gasteiger partial charge on any atom is -0.257 e. The van der Waals surface area contributed by atoms with E-state index in [-0.39, 0.29) is 10.6 Å². The van der Waals surface area contributed by atoms with Crippen LogP contribution in [0.15, 0.2) is 18.3 Å². The van der Waals surface area contributed by atoms with E-state index in [4.69, 9.17) is 0 Å². The van der Waals surface area contributed by atoms with Gasteiger partial charge in [0.25, 0.3) is 0 Å². The molecule has 0 saturated heterocycles. The van der Waals surface area contributed by atoms with Crippen molar-refractivity contribution in [1.82, 2.24) is 4.98 Å². The molecule has 0 bridgehead atoms. The molecule has 1 atom stereocenters. The first-order valence-electron chi connectivity index (χ1n) is 2.95. The van der Waals surface area contributed by atoms with Crippen LogP contribution in [0, 0.1) is 5.82 Å². The molecule has 1 aromatic heterocycles. The summed E-state index contributed by atoms with van der Waals surface area (Å²) in [5, 5.41) is 0. The van der Waals surface area contributed by atoms with Crippen molar-refractivity contribution in [3.05, 3.63) is 29.8 Å². The molecule has 0 fully saturated rings. The van der Waals surface area contributed by atoms with Crippen LogP contribution >= 0.6 is 15.9 Å². The summed E-state index contributed by atoms with van der Waals surface area (Å²) in [5.41, 5.74) is 0.849. The molecule has 0 N–H and O–H groups in total. The lowest BCUT2D eigenvalue weighted by atomic mass is 10.3. The van der Waals surface area contributed by atoms with E-state index in [0.717, 1.165) is 5.69 Å². The van der Waals surface area contributed by atoms with Gasteiger partial charge in [0.1, 0.15) is 5.82 Å². The Labute approximate surface area is 67.4 Å². The van der Waals surface area contributed by atoms with Crippen molar-refractivity contribution in [3.8, 4) is 0 Å². The van der Waals surface area contributed by atoms with Crippen LogP contribution in [0.4, 0.5) is 4.39 Å². The predicted molar refractivity (Wildman–Crippen MR) is 41.5 cm³/mol. The molecule has 1 rings (SSSR count). The molecule has 0 spiro atoms. The van der Waals surface area contributed by atoms with Gasteiger partial charge in [0.2, 0.25) is 0 Å². The second-order valence-corrected chi connectivity index (χ2v) is 3.39. The second kappa shape index (κ2) is 3.10. The Hall–Kier alpha value is -0.440. The third-order valence-corrected chi connectivity index (χ3v) is 1.63. The molecule has 0 aliphatic carbocycles. The van der Waals surface area contributed by atoms with Gasteiger partial charge in [-0.3, -0.25) is 4.98 Å². The molecule has 3 heteroatoms. The molecular formula is C7H7BrFN. The van der Waals surface area contributed by atoms with E-state index in [1.807, 2.05) is 6.92 Å². The Kier molecular flexibility index (Phi) is 2.38. The van der Waals surface area contributed by atoms with E-state index in [0.29, 0.717) is 0 Å². The molecule has 1 nitrogen and oxygen atoms in total. The molecule has 0 aliphatic rings. The summed E-state index contributed by atoms with van der Waals surface area (Å²) < 4.78 is 12.3. The first-order chi connectivity index (χ1) is 4.70. The molecule has 54 valence electrons. The predicted octanol–water partition coefficient (Wildman–Crippen LogP) is 2.68. The number of hydrogen-bond donors (Lipinski definition) is 0. The normalized spacial score (nSPS) is 13.1. The fourth-order valence-corrected chi connectivity index (χ4v) is 0.893. The fraction of sp³-hybridized carbons (Fsp3) is 0.286. The van der Waals surface area contributed by atoms with Crippen LogP contribution in [0.5, 0.6) is 0 Å². The largest absolute Gasteiger partial charge is 0.257 e. The highest BCUT2D eigenvalue weighted by atomic mass is 79.9. The summed E-state index contributed by atoms with van der Waals surface area (Å²) in [6.45, 7) is 1.94. The number of rotatable bonds is 1. The summed E-state index contributed by atoms with van der Waals surface area (Å²) in [7, 11) is 0. The number of nitrogens with zero attached hydrogens (tertiary/aromatic N) is 1. The van der Waals surface area contributed by atoms with Crippen LogP contribution in [-0.2, 0) is 0 Å². The molecule has 1 heterocycles. The van der Waals surface area contributed by atoms with Gasteiger partial charge < -0.3 is 0 Å². The Bertz CT molecular complexity index is 207. The summed E-state index contributed by atoms with van der Waals surface area (Å²) in [4.78, 5) is 4.04. The monoisotopic (exact) mass is 203 g/mol. The van der Waals surface area contributed by atoms with Gasteiger partial charge in [0, 0.05) is 0 Å². The summed E-state index contributed by atoms with van der Waals surface area (Å²) in [6, 6.07) is 3.06. The van der Waals surface area contributed by atoms with Crippen LogP contribution in [-0.4, -0.2) is 4.98 Å². The summed E-state index contributed by atoms with van der Waals surface area (Å²) in [5.74, 6) is -0.295. The van der Waals surface area contributed by atoms with Crippen LogP contribution < -0.4 is 0 Å². The zero-order chi connectivity index (χ0) is 7.56. The average molecular weight is 204 g/mol. The van der Waals surface area contributed by atoms with Crippen LogP contribution in [0.2, 0.25) is 0 Å². The van der Waals surface area contributed by atoms with Crippen LogP contribution in [0.25, 0.3) is 0 Å². The van der Waals surface area contributed by atoms with Gasteiger partial charge in [-0.15, -0.1) is 0 Å². The van der Waals surface area contributed by atoms with Gasteiger partial charge in [0.15, 0.2) is 0 Å².